The molecule has 4 aliphatic rings. The molecule has 2 bridgehead atoms. The lowest BCUT2D eigenvalue weighted by atomic mass is 9.52. The third-order valence-corrected chi connectivity index (χ3v) is 11.5. The Morgan fingerprint density at radius 3 is 2.14 bits per heavy atom. The molecular formula is C44H56N4O3. The molecule has 2 heterocycles. The minimum absolute atomic E-state index is 0.115. The minimum Gasteiger partial charge on any atom is -0.508 e. The SMILES string of the molecule is CC(=O)Nc1ccc(O)cc1.CN(C)CCCN1c2ccccc2CCc2ccccc21.CN1CC[C@@]23CCCC[C@@H]2[C@@H]1Cc1ccc(O)cc13. The first kappa shape index (κ1) is 36.5. The van der Waals surface area contributed by atoms with E-state index in [1.54, 1.807) is 12.1 Å². The molecule has 2 aliphatic heterocycles. The van der Waals surface area contributed by atoms with Gasteiger partial charge in [0.05, 0.1) is 0 Å². The van der Waals surface area contributed by atoms with Gasteiger partial charge in [0.25, 0.3) is 0 Å². The molecule has 4 aromatic carbocycles. The highest BCUT2D eigenvalue weighted by Gasteiger charge is 2.53. The molecule has 7 nitrogen and oxygen atoms in total. The maximum absolute atomic E-state index is 10.5. The van der Waals surface area contributed by atoms with Crippen molar-refractivity contribution < 1.29 is 15.0 Å². The summed E-state index contributed by atoms with van der Waals surface area (Å²) >= 11 is 0. The van der Waals surface area contributed by atoms with E-state index in [-0.39, 0.29) is 11.7 Å². The molecule has 2 aliphatic carbocycles. The summed E-state index contributed by atoms with van der Waals surface area (Å²) in [5, 5.41) is 21.4. The molecule has 7 heteroatoms. The molecule has 1 amide bonds. The predicted molar refractivity (Wildman–Crippen MR) is 209 cm³/mol. The zero-order valence-electron chi connectivity index (χ0n) is 30.9. The normalized spacial score (nSPS) is 21.6. The van der Waals surface area contributed by atoms with Crippen molar-refractivity contribution in [2.75, 3.05) is 51.0 Å². The lowest BCUT2D eigenvalue weighted by Gasteiger charge is -2.58. The molecule has 0 spiro atoms. The van der Waals surface area contributed by atoms with Crippen LogP contribution in [0.3, 0.4) is 0 Å². The largest absolute Gasteiger partial charge is 0.508 e. The van der Waals surface area contributed by atoms with Crippen LogP contribution in [0.2, 0.25) is 0 Å². The monoisotopic (exact) mass is 688 g/mol. The summed E-state index contributed by atoms with van der Waals surface area (Å²) < 4.78 is 0. The van der Waals surface area contributed by atoms with E-state index in [1.165, 1.54) is 104 Å². The number of likely N-dealkylation sites (tertiary alicyclic amines) is 1. The number of rotatable bonds is 5. The molecule has 270 valence electrons. The standard InChI is InChI=1S/C19H24N2.C17H23NO.C8H9NO2/c1-20(2)14-7-15-21-18-10-5-3-8-16(18)12-13-17-9-4-6-11-19(17)21;1-18-9-8-17-7-3-2-4-14(17)16(18)10-12-5-6-13(19)11-15(12)17;1-6(10)9-7-2-4-8(11)5-3-7/h3-6,8-11H,7,12-15H2,1-2H3;5-6,11,14,16,19H,2-4,7-10H2,1H3;2-5,11H,1H3,(H,9,10)/t;14-,16+,17+;/m.1./s1. The molecule has 3 N–H and O–H groups in total. The molecule has 8 rings (SSSR count). The van der Waals surface area contributed by atoms with Crippen molar-refractivity contribution >= 4 is 23.0 Å². The van der Waals surface area contributed by atoms with E-state index in [1.807, 2.05) is 6.07 Å². The molecule has 2 fully saturated rings. The molecule has 1 saturated carbocycles. The van der Waals surface area contributed by atoms with Gasteiger partial charge >= 0.3 is 0 Å². The summed E-state index contributed by atoms with van der Waals surface area (Å²) in [6, 6.07) is 30.9. The number of nitrogens with one attached hydrogen (secondary N) is 1. The average Bonchev–Trinajstić information content (AvgIpc) is 3.28. The van der Waals surface area contributed by atoms with Gasteiger partial charge in [-0.2, -0.15) is 0 Å². The third-order valence-electron chi connectivity index (χ3n) is 11.5. The van der Waals surface area contributed by atoms with Gasteiger partial charge in [0, 0.05) is 42.0 Å². The summed E-state index contributed by atoms with van der Waals surface area (Å²) in [7, 11) is 6.59. The van der Waals surface area contributed by atoms with Crippen LogP contribution in [-0.2, 0) is 29.5 Å². The summed E-state index contributed by atoms with van der Waals surface area (Å²) in [4.78, 5) is 17.9. The van der Waals surface area contributed by atoms with Crippen LogP contribution in [0.25, 0.3) is 0 Å². The van der Waals surface area contributed by atoms with E-state index in [0.29, 0.717) is 16.9 Å². The number of hydrogen-bond donors (Lipinski definition) is 3. The van der Waals surface area contributed by atoms with Crippen LogP contribution < -0.4 is 10.2 Å². The number of amides is 1. The fourth-order valence-electron chi connectivity index (χ4n) is 9.09. The van der Waals surface area contributed by atoms with Gasteiger partial charge in [0.2, 0.25) is 5.91 Å². The smallest absolute Gasteiger partial charge is 0.221 e. The zero-order valence-corrected chi connectivity index (χ0v) is 30.9. The fourth-order valence-corrected chi connectivity index (χ4v) is 9.09. The number of phenolic OH excluding ortho intramolecular Hbond substituents is 2. The molecular weight excluding hydrogens is 633 g/mol. The minimum atomic E-state index is -0.115. The number of aromatic hydroxyl groups is 2. The Balaban J connectivity index is 0.000000138. The van der Waals surface area contributed by atoms with Crippen LogP contribution >= 0.6 is 0 Å². The second-order valence-corrected chi connectivity index (χ2v) is 15.1. The Hall–Kier alpha value is -4.33. The lowest BCUT2D eigenvalue weighted by molar-refractivity contribution is -0.114. The number of benzene rings is 4. The molecule has 3 atom stereocenters. The number of anilines is 3. The molecule has 0 unspecified atom stereocenters. The molecule has 51 heavy (non-hydrogen) atoms. The first-order chi connectivity index (χ1) is 24.6. The number of phenols is 2. The summed E-state index contributed by atoms with van der Waals surface area (Å²) in [6.45, 7) is 4.86. The topological polar surface area (TPSA) is 79.3 Å². The first-order valence-corrected chi connectivity index (χ1v) is 18.8. The molecule has 1 saturated heterocycles. The van der Waals surface area contributed by atoms with Gasteiger partial charge in [0.1, 0.15) is 11.5 Å². The Labute approximate surface area is 304 Å². The van der Waals surface area contributed by atoms with Crippen molar-refractivity contribution in [2.45, 2.75) is 76.2 Å². The average molecular weight is 689 g/mol. The van der Waals surface area contributed by atoms with Crippen LogP contribution in [0, 0.1) is 5.92 Å². The third kappa shape index (κ3) is 8.43. The van der Waals surface area contributed by atoms with E-state index >= 15 is 0 Å². The lowest BCUT2D eigenvalue weighted by Crippen LogP contribution is -2.59. The number of nitrogens with zero attached hydrogens (tertiary/aromatic N) is 3. The number of likely N-dealkylation sites (N-methyl/N-ethyl adjacent to an activating group) is 1. The zero-order chi connectivity index (χ0) is 36.0. The summed E-state index contributed by atoms with van der Waals surface area (Å²) in [5.41, 5.74) is 9.77. The Morgan fingerprint density at radius 1 is 0.843 bits per heavy atom. The van der Waals surface area contributed by atoms with Crippen LogP contribution in [0.1, 0.15) is 67.7 Å². The van der Waals surface area contributed by atoms with Crippen molar-refractivity contribution in [3.8, 4) is 11.5 Å². The molecule has 0 radical (unpaired) electrons. The molecule has 0 aromatic heterocycles. The van der Waals surface area contributed by atoms with Crippen LogP contribution in [0.15, 0.2) is 91.0 Å². The number of carbonyl (C=O) groups excluding carboxylic acids is 1. The second-order valence-electron chi connectivity index (χ2n) is 15.1. The highest BCUT2D eigenvalue weighted by atomic mass is 16.3. The van der Waals surface area contributed by atoms with Gasteiger partial charge in [-0.25, -0.2) is 0 Å². The number of piperidine rings is 1. The Bertz CT molecular complexity index is 1730. The van der Waals surface area contributed by atoms with Crippen molar-refractivity contribution in [1.82, 2.24) is 9.80 Å². The number of fused-ring (bicyclic) bond motifs is 3. The van der Waals surface area contributed by atoms with Crippen LogP contribution in [0.4, 0.5) is 17.1 Å². The Kier molecular flexibility index (Phi) is 11.7. The van der Waals surface area contributed by atoms with E-state index in [2.05, 4.69) is 102 Å². The highest BCUT2D eigenvalue weighted by Crippen LogP contribution is 2.55. The van der Waals surface area contributed by atoms with Crippen molar-refractivity contribution in [3.05, 3.63) is 113 Å². The maximum Gasteiger partial charge on any atom is 0.221 e. The van der Waals surface area contributed by atoms with Crippen molar-refractivity contribution in [3.63, 3.8) is 0 Å². The van der Waals surface area contributed by atoms with Gasteiger partial charge in [-0.05, 0) is 156 Å². The number of aryl methyl sites for hydroxylation is 2. The van der Waals surface area contributed by atoms with E-state index in [4.69, 9.17) is 5.11 Å². The second kappa shape index (κ2) is 16.3. The fraction of sp³-hybridized carbons (Fsp3) is 0.432. The van der Waals surface area contributed by atoms with Crippen molar-refractivity contribution in [1.29, 1.82) is 0 Å². The maximum atomic E-state index is 10.5. The van der Waals surface area contributed by atoms with Crippen molar-refractivity contribution in [2.24, 2.45) is 5.92 Å². The van der Waals surface area contributed by atoms with Gasteiger partial charge < -0.3 is 30.2 Å². The quantitative estimate of drug-likeness (QED) is 0.183. The van der Waals surface area contributed by atoms with Gasteiger partial charge in [0.15, 0.2) is 0 Å². The van der Waals surface area contributed by atoms with Gasteiger partial charge in [-0.15, -0.1) is 0 Å². The number of carbonyl (C=O) groups is 1. The van der Waals surface area contributed by atoms with E-state index in [0.717, 1.165) is 37.9 Å². The predicted octanol–water partition coefficient (Wildman–Crippen LogP) is 8.31. The number of para-hydroxylation sites is 2. The van der Waals surface area contributed by atoms with Gasteiger partial charge in [-0.3, -0.25) is 4.79 Å². The van der Waals surface area contributed by atoms with E-state index in [9.17, 15) is 9.90 Å². The highest BCUT2D eigenvalue weighted by molar-refractivity contribution is 5.88. The summed E-state index contributed by atoms with van der Waals surface area (Å²) in [6.07, 6.45) is 11.4. The Morgan fingerprint density at radius 2 is 1.49 bits per heavy atom. The first-order valence-electron chi connectivity index (χ1n) is 18.8. The molecule has 4 aromatic rings. The summed E-state index contributed by atoms with van der Waals surface area (Å²) in [5.74, 6) is 1.35. The number of hydrogen-bond acceptors (Lipinski definition) is 6. The van der Waals surface area contributed by atoms with Crippen LogP contribution in [-0.4, -0.2) is 72.7 Å². The van der Waals surface area contributed by atoms with Crippen LogP contribution in [0.5, 0.6) is 11.5 Å². The van der Waals surface area contributed by atoms with Gasteiger partial charge in [-0.1, -0.05) is 55.3 Å². The van der Waals surface area contributed by atoms with E-state index < -0.39 is 0 Å².